The Balaban J connectivity index is 1.84. The van der Waals surface area contributed by atoms with Crippen LogP contribution < -0.4 is 9.47 Å². The third kappa shape index (κ3) is 4.52. The van der Waals surface area contributed by atoms with Crippen LogP contribution in [0.4, 0.5) is 4.79 Å². The molecule has 1 fully saturated rings. The summed E-state index contributed by atoms with van der Waals surface area (Å²) in [6, 6.07) is 14.9. The van der Waals surface area contributed by atoms with Crippen LogP contribution in [0.15, 0.2) is 53.4 Å². The van der Waals surface area contributed by atoms with Gasteiger partial charge in [-0.2, -0.15) is 0 Å². The number of benzene rings is 2. The zero-order chi connectivity index (χ0) is 19.2. The van der Waals surface area contributed by atoms with Gasteiger partial charge in [-0.25, -0.2) is 0 Å². The van der Waals surface area contributed by atoms with E-state index in [1.54, 1.807) is 12.1 Å². The van der Waals surface area contributed by atoms with Gasteiger partial charge in [0.25, 0.3) is 11.1 Å². The Morgan fingerprint density at radius 3 is 2.44 bits per heavy atom. The molecule has 0 bridgehead atoms. The molecule has 1 saturated heterocycles. The first-order valence-electron chi connectivity index (χ1n) is 8.81. The van der Waals surface area contributed by atoms with Crippen molar-refractivity contribution in [1.82, 2.24) is 4.90 Å². The highest BCUT2D eigenvalue weighted by molar-refractivity contribution is 8.18. The van der Waals surface area contributed by atoms with Gasteiger partial charge in [-0.1, -0.05) is 30.3 Å². The number of hydrogen-bond donors (Lipinski definition) is 0. The lowest BCUT2D eigenvalue weighted by atomic mass is 10.1. The molecule has 6 heteroatoms. The molecule has 3 rings (SSSR count). The summed E-state index contributed by atoms with van der Waals surface area (Å²) >= 11 is 0.949. The Bertz CT molecular complexity index is 864. The van der Waals surface area contributed by atoms with E-state index in [1.807, 2.05) is 56.3 Å². The van der Waals surface area contributed by atoms with Crippen LogP contribution in [-0.2, 0) is 11.3 Å². The Morgan fingerprint density at radius 2 is 1.74 bits per heavy atom. The van der Waals surface area contributed by atoms with Gasteiger partial charge in [0.15, 0.2) is 0 Å². The molecule has 0 spiro atoms. The molecule has 0 radical (unpaired) electrons. The van der Waals surface area contributed by atoms with Crippen LogP contribution in [-0.4, -0.2) is 29.3 Å². The highest BCUT2D eigenvalue weighted by Gasteiger charge is 2.35. The Labute approximate surface area is 163 Å². The van der Waals surface area contributed by atoms with Gasteiger partial charge >= 0.3 is 0 Å². The first kappa shape index (κ1) is 19.0. The summed E-state index contributed by atoms with van der Waals surface area (Å²) in [5, 5.41) is -0.265. The highest BCUT2D eigenvalue weighted by atomic mass is 32.2. The van der Waals surface area contributed by atoms with Gasteiger partial charge in [-0.15, -0.1) is 0 Å². The predicted molar refractivity (Wildman–Crippen MR) is 107 cm³/mol. The fraction of sp³-hybridized carbons (Fsp3) is 0.238. The summed E-state index contributed by atoms with van der Waals surface area (Å²) in [5.41, 5.74) is 1.66. The van der Waals surface area contributed by atoms with Gasteiger partial charge in [-0.3, -0.25) is 14.5 Å². The van der Waals surface area contributed by atoms with Gasteiger partial charge in [-0.05, 0) is 49.4 Å². The normalized spacial score (nSPS) is 15.5. The summed E-state index contributed by atoms with van der Waals surface area (Å²) < 4.78 is 11.2. The third-order valence-electron chi connectivity index (χ3n) is 3.94. The number of carbonyl (C=O) groups excluding carboxylic acids is 2. The molecule has 140 valence electrons. The van der Waals surface area contributed by atoms with E-state index in [0.29, 0.717) is 29.6 Å². The van der Waals surface area contributed by atoms with E-state index in [1.165, 1.54) is 4.90 Å². The minimum atomic E-state index is -0.287. The van der Waals surface area contributed by atoms with E-state index in [4.69, 9.17) is 9.47 Å². The molecule has 0 N–H and O–H groups in total. The second kappa shape index (κ2) is 8.77. The lowest BCUT2D eigenvalue weighted by molar-refractivity contribution is -0.123. The quantitative estimate of drug-likeness (QED) is 0.648. The molecular weight excluding hydrogens is 362 g/mol. The van der Waals surface area contributed by atoms with E-state index >= 15 is 0 Å². The largest absolute Gasteiger partial charge is 0.494 e. The molecule has 0 aliphatic carbocycles. The summed E-state index contributed by atoms with van der Waals surface area (Å²) in [4.78, 5) is 26.7. The van der Waals surface area contributed by atoms with E-state index in [0.717, 1.165) is 22.9 Å². The number of amides is 2. The van der Waals surface area contributed by atoms with Gasteiger partial charge in [0.2, 0.25) is 0 Å². The van der Waals surface area contributed by atoms with E-state index < -0.39 is 0 Å². The molecule has 0 atom stereocenters. The van der Waals surface area contributed by atoms with Crippen molar-refractivity contribution < 1.29 is 19.1 Å². The van der Waals surface area contributed by atoms with Gasteiger partial charge in [0, 0.05) is 11.6 Å². The number of thioether (sulfide) groups is 1. The van der Waals surface area contributed by atoms with E-state index in [9.17, 15) is 9.59 Å². The molecule has 27 heavy (non-hydrogen) atoms. The predicted octanol–water partition coefficient (Wildman–Crippen LogP) is 4.72. The van der Waals surface area contributed by atoms with Crippen LogP contribution >= 0.6 is 11.8 Å². The molecule has 2 aromatic carbocycles. The van der Waals surface area contributed by atoms with Crippen LogP contribution in [0.25, 0.3) is 6.08 Å². The molecule has 0 unspecified atom stereocenters. The van der Waals surface area contributed by atoms with E-state index in [2.05, 4.69) is 0 Å². The number of nitrogens with zero attached hydrogens (tertiary/aromatic N) is 1. The molecule has 1 aliphatic heterocycles. The summed E-state index contributed by atoms with van der Waals surface area (Å²) in [6.07, 6.45) is 1.70. The molecule has 1 heterocycles. The second-order valence-electron chi connectivity index (χ2n) is 5.82. The van der Waals surface area contributed by atoms with Crippen molar-refractivity contribution in [2.24, 2.45) is 0 Å². The average Bonchev–Trinajstić information content (AvgIpc) is 2.93. The minimum Gasteiger partial charge on any atom is -0.494 e. The molecule has 2 amide bonds. The molecule has 2 aromatic rings. The topological polar surface area (TPSA) is 55.8 Å². The van der Waals surface area contributed by atoms with Gasteiger partial charge in [0.05, 0.1) is 24.7 Å². The summed E-state index contributed by atoms with van der Waals surface area (Å²) in [5.74, 6) is 1.04. The van der Waals surface area contributed by atoms with Crippen LogP contribution in [0.5, 0.6) is 11.5 Å². The number of hydrogen-bond acceptors (Lipinski definition) is 5. The lowest BCUT2D eigenvalue weighted by Gasteiger charge is -2.12. The lowest BCUT2D eigenvalue weighted by Crippen LogP contribution is -2.27. The maximum absolute atomic E-state index is 12.7. The fourth-order valence-electron chi connectivity index (χ4n) is 2.71. The van der Waals surface area contributed by atoms with Gasteiger partial charge < -0.3 is 9.47 Å². The number of carbonyl (C=O) groups is 2. The van der Waals surface area contributed by atoms with Crippen LogP contribution in [0, 0.1) is 0 Å². The van der Waals surface area contributed by atoms with Crippen molar-refractivity contribution >= 4 is 29.0 Å². The standard InChI is InChI=1S/C21H21NO4S/c1-3-25-17-11-10-16(18(13-17)26-4-2)12-19-20(23)22(21(24)27-19)14-15-8-6-5-7-9-15/h5-13H,3-4,14H2,1-2H3/b19-12+. The summed E-state index contributed by atoms with van der Waals surface area (Å²) in [7, 11) is 0. The maximum Gasteiger partial charge on any atom is 0.293 e. The minimum absolute atomic E-state index is 0.265. The molecule has 0 saturated carbocycles. The van der Waals surface area contributed by atoms with Crippen molar-refractivity contribution in [2.75, 3.05) is 13.2 Å². The number of rotatable bonds is 7. The first-order chi connectivity index (χ1) is 13.1. The Morgan fingerprint density at radius 1 is 1.00 bits per heavy atom. The molecule has 5 nitrogen and oxygen atoms in total. The zero-order valence-electron chi connectivity index (χ0n) is 15.3. The van der Waals surface area contributed by atoms with Crippen LogP contribution in [0.2, 0.25) is 0 Å². The van der Waals surface area contributed by atoms with Crippen LogP contribution in [0.3, 0.4) is 0 Å². The highest BCUT2D eigenvalue weighted by Crippen LogP contribution is 2.35. The molecule has 1 aliphatic rings. The summed E-state index contributed by atoms with van der Waals surface area (Å²) in [6.45, 7) is 5.13. The van der Waals surface area contributed by atoms with Crippen molar-refractivity contribution in [3.05, 3.63) is 64.6 Å². The van der Waals surface area contributed by atoms with Crippen molar-refractivity contribution in [3.8, 4) is 11.5 Å². The molecule has 0 aromatic heterocycles. The Kier molecular flexibility index (Phi) is 6.19. The smallest absolute Gasteiger partial charge is 0.293 e. The zero-order valence-corrected chi connectivity index (χ0v) is 16.1. The second-order valence-corrected chi connectivity index (χ2v) is 6.81. The number of imide groups is 1. The van der Waals surface area contributed by atoms with Crippen molar-refractivity contribution in [1.29, 1.82) is 0 Å². The first-order valence-corrected chi connectivity index (χ1v) is 9.63. The number of ether oxygens (including phenoxy) is 2. The monoisotopic (exact) mass is 383 g/mol. The average molecular weight is 383 g/mol. The van der Waals surface area contributed by atoms with Crippen molar-refractivity contribution in [2.45, 2.75) is 20.4 Å². The fourth-order valence-corrected chi connectivity index (χ4v) is 3.54. The van der Waals surface area contributed by atoms with E-state index in [-0.39, 0.29) is 17.7 Å². The molecular formula is C21H21NO4S. The third-order valence-corrected chi connectivity index (χ3v) is 4.85. The van der Waals surface area contributed by atoms with Crippen LogP contribution in [0.1, 0.15) is 25.0 Å². The SMILES string of the molecule is CCOc1ccc(/C=C2/SC(=O)N(Cc3ccccc3)C2=O)c(OCC)c1. The Hall–Kier alpha value is -2.73. The van der Waals surface area contributed by atoms with Gasteiger partial charge in [0.1, 0.15) is 11.5 Å². The maximum atomic E-state index is 12.7. The van der Waals surface area contributed by atoms with Crippen molar-refractivity contribution in [3.63, 3.8) is 0 Å².